The van der Waals surface area contributed by atoms with Gasteiger partial charge in [-0.15, -0.1) is 0 Å². The first-order valence-corrected chi connectivity index (χ1v) is 8.73. The summed E-state index contributed by atoms with van der Waals surface area (Å²) >= 11 is 0. The molecule has 1 aromatic carbocycles. The first-order chi connectivity index (χ1) is 10.4. The van der Waals surface area contributed by atoms with E-state index >= 15 is 0 Å². The summed E-state index contributed by atoms with van der Waals surface area (Å²) in [6.07, 6.45) is 6.82. The van der Waals surface area contributed by atoms with Crippen molar-refractivity contribution in [2.24, 2.45) is 5.92 Å². The first-order valence-electron chi connectivity index (χ1n) is 8.73. The van der Waals surface area contributed by atoms with Gasteiger partial charge < -0.3 is 15.1 Å². The molecule has 1 unspecified atom stereocenters. The van der Waals surface area contributed by atoms with Gasteiger partial charge in [-0.1, -0.05) is 0 Å². The zero-order chi connectivity index (χ0) is 14.1. The molecule has 0 bridgehead atoms. The summed E-state index contributed by atoms with van der Waals surface area (Å²) in [7, 11) is 0. The summed E-state index contributed by atoms with van der Waals surface area (Å²) in [6.45, 7) is 6.03. The van der Waals surface area contributed by atoms with Crippen molar-refractivity contribution in [2.75, 3.05) is 42.5 Å². The van der Waals surface area contributed by atoms with Gasteiger partial charge in [0.05, 0.1) is 0 Å². The molecule has 3 aliphatic rings. The van der Waals surface area contributed by atoms with E-state index in [9.17, 15) is 0 Å². The summed E-state index contributed by atoms with van der Waals surface area (Å²) < 4.78 is 0. The van der Waals surface area contributed by atoms with Crippen molar-refractivity contribution in [1.29, 1.82) is 0 Å². The Morgan fingerprint density at radius 3 is 2.10 bits per heavy atom. The van der Waals surface area contributed by atoms with Gasteiger partial charge in [-0.05, 0) is 68.8 Å². The molecule has 2 saturated heterocycles. The minimum absolute atomic E-state index is 0.714. The van der Waals surface area contributed by atoms with Crippen LogP contribution in [0, 0.1) is 5.92 Å². The van der Waals surface area contributed by atoms with Crippen LogP contribution in [0.3, 0.4) is 0 Å². The standard InChI is InChI=1S/C18H27N3/c1-2-12-20(11-1)16-6-8-17(9-7-16)21-13-3-10-19-18(14-21)15-4-5-15/h6-9,15,18-19H,1-5,10-14H2. The molecule has 0 radical (unpaired) electrons. The van der Waals surface area contributed by atoms with Crippen LogP contribution in [0.15, 0.2) is 24.3 Å². The Morgan fingerprint density at radius 2 is 1.43 bits per heavy atom. The maximum absolute atomic E-state index is 3.75. The molecule has 1 N–H and O–H groups in total. The molecule has 3 fully saturated rings. The maximum atomic E-state index is 3.75. The van der Waals surface area contributed by atoms with E-state index in [0.717, 1.165) is 5.92 Å². The molecule has 0 amide bonds. The highest BCUT2D eigenvalue weighted by molar-refractivity contribution is 5.57. The maximum Gasteiger partial charge on any atom is 0.0368 e. The van der Waals surface area contributed by atoms with Gasteiger partial charge in [0.1, 0.15) is 0 Å². The molecule has 21 heavy (non-hydrogen) atoms. The van der Waals surface area contributed by atoms with Gasteiger partial charge >= 0.3 is 0 Å². The predicted molar refractivity (Wildman–Crippen MR) is 89.2 cm³/mol. The minimum atomic E-state index is 0.714. The van der Waals surface area contributed by atoms with Crippen LogP contribution in [0.4, 0.5) is 11.4 Å². The second kappa shape index (κ2) is 5.88. The Bertz CT molecular complexity index is 460. The van der Waals surface area contributed by atoms with E-state index in [4.69, 9.17) is 0 Å². The second-order valence-electron chi connectivity index (χ2n) is 6.91. The van der Waals surface area contributed by atoms with E-state index < -0.39 is 0 Å². The molecule has 2 aliphatic heterocycles. The molecule has 0 aromatic heterocycles. The third-order valence-electron chi connectivity index (χ3n) is 5.31. The zero-order valence-corrected chi connectivity index (χ0v) is 12.9. The molecule has 3 nitrogen and oxygen atoms in total. The van der Waals surface area contributed by atoms with Crippen molar-refractivity contribution in [3.8, 4) is 0 Å². The Balaban J connectivity index is 1.46. The van der Waals surface area contributed by atoms with Crippen molar-refractivity contribution >= 4 is 11.4 Å². The average molecular weight is 285 g/mol. The number of benzene rings is 1. The van der Waals surface area contributed by atoms with Crippen molar-refractivity contribution in [3.63, 3.8) is 0 Å². The molecule has 2 heterocycles. The molecular weight excluding hydrogens is 258 g/mol. The van der Waals surface area contributed by atoms with Crippen LogP contribution in [0.2, 0.25) is 0 Å². The number of anilines is 2. The largest absolute Gasteiger partial charge is 0.372 e. The summed E-state index contributed by atoms with van der Waals surface area (Å²) in [6, 6.07) is 10.0. The molecule has 3 heteroatoms. The summed E-state index contributed by atoms with van der Waals surface area (Å²) in [5.41, 5.74) is 2.82. The number of hydrogen-bond acceptors (Lipinski definition) is 3. The van der Waals surface area contributed by atoms with Crippen LogP contribution in [-0.4, -0.2) is 38.8 Å². The van der Waals surface area contributed by atoms with Gasteiger partial charge in [-0.3, -0.25) is 0 Å². The van der Waals surface area contributed by atoms with Gasteiger partial charge in [-0.2, -0.15) is 0 Å². The Morgan fingerprint density at radius 1 is 0.810 bits per heavy atom. The quantitative estimate of drug-likeness (QED) is 0.921. The molecule has 114 valence electrons. The van der Waals surface area contributed by atoms with Crippen LogP contribution in [0.5, 0.6) is 0 Å². The molecule has 1 atom stereocenters. The summed E-state index contributed by atoms with van der Waals surface area (Å²) in [5.74, 6) is 0.939. The van der Waals surface area contributed by atoms with E-state index in [0.29, 0.717) is 6.04 Å². The fourth-order valence-corrected chi connectivity index (χ4v) is 3.85. The average Bonchev–Trinajstić information content (AvgIpc) is 3.27. The highest BCUT2D eigenvalue weighted by Gasteiger charge is 2.33. The Kier molecular flexibility index (Phi) is 3.76. The number of nitrogens with one attached hydrogen (secondary N) is 1. The number of nitrogens with zero attached hydrogens (tertiary/aromatic N) is 2. The smallest absolute Gasteiger partial charge is 0.0368 e. The van der Waals surface area contributed by atoms with Gasteiger partial charge in [0.25, 0.3) is 0 Å². The van der Waals surface area contributed by atoms with E-state index in [1.165, 1.54) is 76.2 Å². The third kappa shape index (κ3) is 3.03. The molecule has 1 aliphatic carbocycles. The molecule has 1 aromatic rings. The van der Waals surface area contributed by atoms with Crippen LogP contribution in [0.25, 0.3) is 0 Å². The van der Waals surface area contributed by atoms with Crippen LogP contribution in [-0.2, 0) is 0 Å². The molecule has 0 spiro atoms. The predicted octanol–water partition coefficient (Wildman–Crippen LogP) is 2.87. The first kappa shape index (κ1) is 13.4. The fourth-order valence-electron chi connectivity index (χ4n) is 3.85. The monoisotopic (exact) mass is 285 g/mol. The lowest BCUT2D eigenvalue weighted by molar-refractivity contribution is 0.490. The van der Waals surface area contributed by atoms with Crippen molar-refractivity contribution in [3.05, 3.63) is 24.3 Å². The van der Waals surface area contributed by atoms with E-state index in [-0.39, 0.29) is 0 Å². The fraction of sp³-hybridized carbons (Fsp3) is 0.667. The summed E-state index contributed by atoms with van der Waals surface area (Å²) in [4.78, 5) is 5.11. The molecule has 4 rings (SSSR count). The lowest BCUT2D eigenvalue weighted by Gasteiger charge is -2.27. The number of rotatable bonds is 3. The second-order valence-corrected chi connectivity index (χ2v) is 6.91. The van der Waals surface area contributed by atoms with Crippen molar-refractivity contribution in [1.82, 2.24) is 5.32 Å². The number of hydrogen-bond donors (Lipinski definition) is 1. The minimum Gasteiger partial charge on any atom is -0.372 e. The van der Waals surface area contributed by atoms with Crippen molar-refractivity contribution < 1.29 is 0 Å². The highest BCUT2D eigenvalue weighted by Crippen LogP contribution is 2.34. The van der Waals surface area contributed by atoms with Gasteiger partial charge in [0, 0.05) is 43.6 Å². The van der Waals surface area contributed by atoms with Crippen molar-refractivity contribution in [2.45, 2.75) is 38.1 Å². The van der Waals surface area contributed by atoms with Crippen LogP contribution >= 0.6 is 0 Å². The Hall–Kier alpha value is -1.22. The Labute approximate surface area is 128 Å². The van der Waals surface area contributed by atoms with Gasteiger partial charge in [0.15, 0.2) is 0 Å². The third-order valence-corrected chi connectivity index (χ3v) is 5.31. The normalized spacial score (nSPS) is 27.0. The van der Waals surface area contributed by atoms with E-state index in [1.807, 2.05) is 0 Å². The lowest BCUT2D eigenvalue weighted by atomic mass is 10.1. The molecule has 1 saturated carbocycles. The van der Waals surface area contributed by atoms with Crippen LogP contribution in [0.1, 0.15) is 32.1 Å². The van der Waals surface area contributed by atoms with Crippen LogP contribution < -0.4 is 15.1 Å². The summed E-state index contributed by atoms with van der Waals surface area (Å²) in [5, 5.41) is 3.75. The van der Waals surface area contributed by atoms with Gasteiger partial charge in [0.2, 0.25) is 0 Å². The molecular formula is C18H27N3. The topological polar surface area (TPSA) is 18.5 Å². The van der Waals surface area contributed by atoms with E-state index in [1.54, 1.807) is 0 Å². The highest BCUT2D eigenvalue weighted by atomic mass is 15.2. The zero-order valence-electron chi connectivity index (χ0n) is 12.9. The lowest BCUT2D eigenvalue weighted by Crippen LogP contribution is -2.39. The van der Waals surface area contributed by atoms with E-state index in [2.05, 4.69) is 39.4 Å². The SMILES string of the molecule is c1cc(N2CCCNC(C3CC3)C2)ccc1N1CCCC1. The van der Waals surface area contributed by atoms with Gasteiger partial charge in [-0.25, -0.2) is 0 Å².